The lowest BCUT2D eigenvalue weighted by Gasteiger charge is -2.24. The molecule has 0 saturated heterocycles. The lowest BCUT2D eigenvalue weighted by Crippen LogP contribution is -2.34. The zero-order valence-corrected chi connectivity index (χ0v) is 17.3. The maximum Gasteiger partial charge on any atom is 0.240 e. The molecular formula is C21H27N3O2S. The molecule has 1 unspecified atom stereocenters. The highest BCUT2D eigenvalue weighted by Gasteiger charge is 2.22. The zero-order chi connectivity index (χ0) is 19.8. The fraction of sp³-hybridized carbons (Fsp3) is 0.333. The number of hydrogen-bond donors (Lipinski definition) is 1. The van der Waals surface area contributed by atoms with E-state index in [0.29, 0.717) is 11.4 Å². The summed E-state index contributed by atoms with van der Waals surface area (Å²) in [5.74, 6) is 0. The van der Waals surface area contributed by atoms with Gasteiger partial charge < -0.3 is 9.47 Å². The lowest BCUT2D eigenvalue weighted by molar-refractivity contribution is 0.301. The molecule has 0 aliphatic rings. The first kappa shape index (κ1) is 19.6. The van der Waals surface area contributed by atoms with E-state index in [-0.39, 0.29) is 6.04 Å². The van der Waals surface area contributed by atoms with Gasteiger partial charge in [0.1, 0.15) is 0 Å². The van der Waals surface area contributed by atoms with Gasteiger partial charge in [-0.15, -0.1) is 0 Å². The molecule has 0 fully saturated rings. The van der Waals surface area contributed by atoms with Gasteiger partial charge in [0.05, 0.1) is 4.90 Å². The van der Waals surface area contributed by atoms with Crippen molar-refractivity contribution in [3.05, 3.63) is 65.4 Å². The van der Waals surface area contributed by atoms with Crippen LogP contribution in [0.4, 0.5) is 0 Å². The maximum atomic E-state index is 12.8. The van der Waals surface area contributed by atoms with Crippen molar-refractivity contribution in [2.75, 3.05) is 20.6 Å². The Morgan fingerprint density at radius 1 is 1.07 bits per heavy atom. The van der Waals surface area contributed by atoms with E-state index in [2.05, 4.69) is 27.6 Å². The van der Waals surface area contributed by atoms with Crippen molar-refractivity contribution in [1.29, 1.82) is 0 Å². The molecule has 144 valence electrons. The third kappa shape index (κ3) is 3.93. The highest BCUT2D eigenvalue weighted by Crippen LogP contribution is 2.28. The summed E-state index contributed by atoms with van der Waals surface area (Å²) in [5, 5.41) is 1.14. The number of sulfonamides is 1. The van der Waals surface area contributed by atoms with Crippen molar-refractivity contribution in [2.24, 2.45) is 7.05 Å². The van der Waals surface area contributed by atoms with Crippen LogP contribution in [0, 0.1) is 13.8 Å². The molecule has 0 saturated carbocycles. The van der Waals surface area contributed by atoms with Crippen molar-refractivity contribution in [1.82, 2.24) is 14.2 Å². The Labute approximate surface area is 161 Å². The molecule has 1 atom stereocenters. The zero-order valence-electron chi connectivity index (χ0n) is 16.5. The highest BCUT2D eigenvalue weighted by atomic mass is 32.2. The molecular weight excluding hydrogens is 358 g/mol. The van der Waals surface area contributed by atoms with Gasteiger partial charge in [0.25, 0.3) is 0 Å². The van der Waals surface area contributed by atoms with Gasteiger partial charge in [-0.05, 0) is 62.8 Å². The molecule has 27 heavy (non-hydrogen) atoms. The number of benzene rings is 2. The molecule has 0 aliphatic heterocycles. The fourth-order valence-corrected chi connectivity index (χ4v) is 4.49. The third-order valence-electron chi connectivity index (χ3n) is 5.17. The molecule has 5 nitrogen and oxygen atoms in total. The Morgan fingerprint density at radius 2 is 1.78 bits per heavy atom. The Hall–Kier alpha value is -2.15. The normalized spacial score (nSPS) is 13.4. The number of aromatic nitrogens is 1. The van der Waals surface area contributed by atoms with Crippen LogP contribution in [0.1, 0.15) is 22.7 Å². The highest BCUT2D eigenvalue weighted by molar-refractivity contribution is 7.89. The first-order valence-electron chi connectivity index (χ1n) is 8.98. The molecule has 2 aromatic carbocycles. The number of fused-ring (bicyclic) bond motifs is 1. The second kappa shape index (κ2) is 7.46. The van der Waals surface area contributed by atoms with Crippen molar-refractivity contribution < 1.29 is 8.42 Å². The van der Waals surface area contributed by atoms with E-state index in [1.165, 1.54) is 0 Å². The van der Waals surface area contributed by atoms with Crippen LogP contribution >= 0.6 is 0 Å². The van der Waals surface area contributed by atoms with E-state index in [0.717, 1.165) is 27.6 Å². The van der Waals surface area contributed by atoms with Crippen LogP contribution in [0.5, 0.6) is 0 Å². The summed E-state index contributed by atoms with van der Waals surface area (Å²) in [5.41, 5.74) is 4.30. The van der Waals surface area contributed by atoms with Gasteiger partial charge >= 0.3 is 0 Å². The molecule has 6 heteroatoms. The Kier molecular flexibility index (Phi) is 5.42. The van der Waals surface area contributed by atoms with Crippen LogP contribution in [-0.4, -0.2) is 38.5 Å². The summed E-state index contributed by atoms with van der Waals surface area (Å²) in [6.45, 7) is 4.20. The minimum Gasteiger partial charge on any atom is -0.350 e. The summed E-state index contributed by atoms with van der Waals surface area (Å²) in [4.78, 5) is 2.35. The van der Waals surface area contributed by atoms with Crippen molar-refractivity contribution >= 4 is 20.9 Å². The molecule has 0 spiro atoms. The molecule has 3 aromatic rings. The van der Waals surface area contributed by atoms with E-state index >= 15 is 0 Å². The summed E-state index contributed by atoms with van der Waals surface area (Å²) >= 11 is 0. The fourth-order valence-electron chi connectivity index (χ4n) is 3.36. The van der Waals surface area contributed by atoms with Gasteiger partial charge in [0, 0.05) is 36.7 Å². The minimum atomic E-state index is -3.57. The van der Waals surface area contributed by atoms with Gasteiger partial charge in [-0.25, -0.2) is 13.1 Å². The molecule has 0 radical (unpaired) electrons. The van der Waals surface area contributed by atoms with Crippen LogP contribution in [-0.2, 0) is 17.1 Å². The molecule has 0 bridgehead atoms. The van der Waals surface area contributed by atoms with E-state index in [1.54, 1.807) is 12.1 Å². The molecule has 1 aromatic heterocycles. The molecule has 1 heterocycles. The second-order valence-corrected chi connectivity index (χ2v) is 9.06. The standard InChI is InChI=1S/C21H27N3O2S/c1-15-10-11-17(12-16(15)2)27(25,26)22-13-21(23(3)4)19-14-24(5)20-9-7-6-8-18(19)20/h6-12,14,21-22H,13H2,1-5H3. The smallest absolute Gasteiger partial charge is 0.240 e. The molecule has 0 amide bonds. The number of nitrogens with one attached hydrogen (secondary N) is 1. The number of nitrogens with zero attached hydrogens (tertiary/aromatic N) is 2. The third-order valence-corrected chi connectivity index (χ3v) is 6.59. The minimum absolute atomic E-state index is 0.0718. The van der Waals surface area contributed by atoms with Crippen molar-refractivity contribution in [3.63, 3.8) is 0 Å². The Bertz CT molecular complexity index is 1070. The first-order valence-corrected chi connectivity index (χ1v) is 10.5. The lowest BCUT2D eigenvalue weighted by atomic mass is 10.1. The topological polar surface area (TPSA) is 54.3 Å². The van der Waals surface area contributed by atoms with Gasteiger partial charge in [-0.2, -0.15) is 0 Å². The van der Waals surface area contributed by atoms with Gasteiger partial charge in [-0.1, -0.05) is 24.3 Å². The van der Waals surface area contributed by atoms with E-state index in [1.807, 2.05) is 58.1 Å². The first-order chi connectivity index (χ1) is 12.7. The Morgan fingerprint density at radius 3 is 2.44 bits per heavy atom. The second-order valence-electron chi connectivity index (χ2n) is 7.29. The Balaban J connectivity index is 1.90. The average molecular weight is 386 g/mol. The quantitative estimate of drug-likeness (QED) is 0.708. The summed E-state index contributed by atoms with van der Waals surface area (Å²) in [7, 11) is 2.38. The molecule has 1 N–H and O–H groups in total. The predicted molar refractivity (Wildman–Crippen MR) is 110 cm³/mol. The SMILES string of the molecule is Cc1ccc(S(=O)(=O)NCC(c2cn(C)c3ccccc23)N(C)C)cc1C. The molecule has 3 rings (SSSR count). The van der Waals surface area contributed by atoms with Crippen LogP contribution in [0.3, 0.4) is 0 Å². The average Bonchev–Trinajstić information content (AvgIpc) is 2.94. The van der Waals surface area contributed by atoms with Crippen molar-refractivity contribution in [2.45, 2.75) is 24.8 Å². The van der Waals surface area contributed by atoms with Gasteiger partial charge in [0.15, 0.2) is 0 Å². The largest absolute Gasteiger partial charge is 0.350 e. The monoisotopic (exact) mass is 385 g/mol. The summed E-state index contributed by atoms with van der Waals surface area (Å²) in [6, 6.07) is 13.3. The number of hydrogen-bond acceptors (Lipinski definition) is 3. The van der Waals surface area contributed by atoms with Crippen LogP contribution in [0.15, 0.2) is 53.6 Å². The number of rotatable bonds is 6. The summed E-state index contributed by atoms with van der Waals surface area (Å²) in [6.07, 6.45) is 2.08. The number of aryl methyl sites for hydroxylation is 3. The van der Waals surface area contributed by atoms with Crippen molar-refractivity contribution in [3.8, 4) is 0 Å². The molecule has 0 aliphatic carbocycles. The van der Waals surface area contributed by atoms with Gasteiger partial charge in [-0.3, -0.25) is 0 Å². The maximum absolute atomic E-state index is 12.8. The van der Waals surface area contributed by atoms with Crippen LogP contribution in [0.25, 0.3) is 10.9 Å². The van der Waals surface area contributed by atoms with E-state index < -0.39 is 10.0 Å². The number of para-hydroxylation sites is 1. The van der Waals surface area contributed by atoms with E-state index in [4.69, 9.17) is 0 Å². The van der Waals surface area contributed by atoms with E-state index in [9.17, 15) is 8.42 Å². The summed E-state index contributed by atoms with van der Waals surface area (Å²) < 4.78 is 30.5. The van der Waals surface area contributed by atoms with Crippen LogP contribution < -0.4 is 4.72 Å². The van der Waals surface area contributed by atoms with Crippen LogP contribution in [0.2, 0.25) is 0 Å². The van der Waals surface area contributed by atoms with Gasteiger partial charge in [0.2, 0.25) is 10.0 Å². The predicted octanol–water partition coefficient (Wildman–Crippen LogP) is 3.38. The number of likely N-dealkylation sites (N-methyl/N-ethyl adjacent to an activating group) is 1.